The second-order valence-electron chi connectivity index (χ2n) is 2.98. The van der Waals surface area contributed by atoms with Crippen LogP contribution >= 0.6 is 12.4 Å². The lowest BCUT2D eigenvalue weighted by Gasteiger charge is -2.14. The van der Waals surface area contributed by atoms with Gasteiger partial charge in [0.25, 0.3) is 0 Å². The van der Waals surface area contributed by atoms with Crippen molar-refractivity contribution in [3.8, 4) is 5.75 Å². The third-order valence-electron chi connectivity index (χ3n) is 1.97. The highest BCUT2D eigenvalue weighted by Gasteiger charge is 2.15. The number of methoxy groups -OCH3 is 1. The van der Waals surface area contributed by atoms with Gasteiger partial charge in [0.15, 0.2) is 0 Å². The van der Waals surface area contributed by atoms with E-state index >= 15 is 0 Å². The highest BCUT2D eigenvalue weighted by molar-refractivity contribution is 5.85. The van der Waals surface area contributed by atoms with Gasteiger partial charge in [-0.1, -0.05) is 18.2 Å². The summed E-state index contributed by atoms with van der Waals surface area (Å²) in [6.45, 7) is 0. The molecular weight excluding hydrogens is 224 g/mol. The van der Waals surface area contributed by atoms with Crippen LogP contribution in [0.2, 0.25) is 0 Å². The molecular formula is C10H14ClF2NO. The standard InChI is InChI=1S/C10H13F2NO.ClH/c1-14-9-5-3-2-4-7(9)8(13)6-10(11)12;/h2-5,8,10H,6,13H2,1H3;1H/t8-;/m0./s1. The van der Waals surface area contributed by atoms with E-state index in [4.69, 9.17) is 10.5 Å². The lowest BCUT2D eigenvalue weighted by molar-refractivity contribution is 0.128. The minimum absolute atomic E-state index is 0. The van der Waals surface area contributed by atoms with Crippen LogP contribution in [0.1, 0.15) is 18.0 Å². The number of rotatable bonds is 4. The Morgan fingerprint density at radius 2 is 1.93 bits per heavy atom. The largest absolute Gasteiger partial charge is 0.496 e. The molecule has 0 fully saturated rings. The quantitative estimate of drug-likeness (QED) is 0.874. The number of para-hydroxylation sites is 1. The molecule has 1 rings (SSSR count). The van der Waals surface area contributed by atoms with Gasteiger partial charge in [0, 0.05) is 18.0 Å². The zero-order valence-electron chi connectivity index (χ0n) is 8.32. The molecule has 0 amide bonds. The monoisotopic (exact) mass is 237 g/mol. The Labute approximate surface area is 93.8 Å². The van der Waals surface area contributed by atoms with E-state index in [0.29, 0.717) is 11.3 Å². The summed E-state index contributed by atoms with van der Waals surface area (Å²) in [5, 5.41) is 0. The molecule has 0 unspecified atom stereocenters. The maximum absolute atomic E-state index is 12.1. The Hall–Kier alpha value is -0.870. The molecule has 0 aliphatic rings. The average Bonchev–Trinajstić information content (AvgIpc) is 2.16. The SMILES string of the molecule is COc1ccccc1[C@@H](N)CC(F)F.Cl. The van der Waals surface area contributed by atoms with Gasteiger partial charge in [-0.15, -0.1) is 12.4 Å². The summed E-state index contributed by atoms with van der Waals surface area (Å²) in [4.78, 5) is 0. The van der Waals surface area contributed by atoms with Crippen LogP contribution in [-0.2, 0) is 0 Å². The molecule has 1 atom stereocenters. The minimum atomic E-state index is -2.39. The van der Waals surface area contributed by atoms with Gasteiger partial charge in [-0.2, -0.15) is 0 Å². The van der Waals surface area contributed by atoms with E-state index in [1.165, 1.54) is 7.11 Å². The second-order valence-corrected chi connectivity index (χ2v) is 2.98. The van der Waals surface area contributed by atoms with Crippen LogP contribution in [0.3, 0.4) is 0 Å². The summed E-state index contributed by atoms with van der Waals surface area (Å²) in [5.74, 6) is 0.556. The van der Waals surface area contributed by atoms with Crippen LogP contribution in [0.15, 0.2) is 24.3 Å². The van der Waals surface area contributed by atoms with E-state index in [0.717, 1.165) is 0 Å². The molecule has 2 N–H and O–H groups in total. The summed E-state index contributed by atoms with van der Waals surface area (Å²) in [7, 11) is 1.49. The first-order chi connectivity index (χ1) is 6.65. The smallest absolute Gasteiger partial charge is 0.240 e. The van der Waals surface area contributed by atoms with Gasteiger partial charge < -0.3 is 10.5 Å². The Balaban J connectivity index is 0.00000196. The molecule has 0 heterocycles. The van der Waals surface area contributed by atoms with Crippen LogP contribution in [0.25, 0.3) is 0 Å². The van der Waals surface area contributed by atoms with Crippen LogP contribution < -0.4 is 10.5 Å². The molecule has 0 saturated carbocycles. The predicted octanol–water partition coefficient (Wildman–Crippen LogP) is 2.77. The van der Waals surface area contributed by atoms with Crippen molar-refractivity contribution in [3.05, 3.63) is 29.8 Å². The van der Waals surface area contributed by atoms with Gasteiger partial charge in [0.05, 0.1) is 7.11 Å². The van der Waals surface area contributed by atoms with Gasteiger partial charge >= 0.3 is 0 Å². The van der Waals surface area contributed by atoms with Gasteiger partial charge in [0.2, 0.25) is 6.43 Å². The van der Waals surface area contributed by atoms with Crippen molar-refractivity contribution in [1.29, 1.82) is 0 Å². The van der Waals surface area contributed by atoms with Gasteiger partial charge in [-0.05, 0) is 6.07 Å². The molecule has 0 radical (unpaired) electrons. The summed E-state index contributed by atoms with van der Waals surface area (Å²) >= 11 is 0. The number of hydrogen-bond donors (Lipinski definition) is 1. The predicted molar refractivity (Wildman–Crippen MR) is 57.8 cm³/mol. The molecule has 0 aliphatic heterocycles. The Bertz CT molecular complexity index is 297. The van der Waals surface area contributed by atoms with E-state index in [2.05, 4.69) is 0 Å². The zero-order valence-corrected chi connectivity index (χ0v) is 9.14. The first kappa shape index (κ1) is 14.1. The number of nitrogens with two attached hydrogens (primary N) is 1. The Kier molecular flexibility index (Phi) is 6.20. The lowest BCUT2D eigenvalue weighted by atomic mass is 10.0. The lowest BCUT2D eigenvalue weighted by Crippen LogP contribution is -2.14. The maximum atomic E-state index is 12.1. The highest BCUT2D eigenvalue weighted by atomic mass is 35.5. The average molecular weight is 238 g/mol. The van der Waals surface area contributed by atoms with Crippen LogP contribution in [-0.4, -0.2) is 13.5 Å². The molecule has 86 valence electrons. The fourth-order valence-corrected chi connectivity index (χ4v) is 1.29. The molecule has 5 heteroatoms. The molecule has 15 heavy (non-hydrogen) atoms. The van der Waals surface area contributed by atoms with E-state index < -0.39 is 12.5 Å². The summed E-state index contributed by atoms with van der Waals surface area (Å²) in [5.41, 5.74) is 6.23. The van der Waals surface area contributed by atoms with Crippen molar-refractivity contribution < 1.29 is 13.5 Å². The summed E-state index contributed by atoms with van der Waals surface area (Å²) < 4.78 is 29.2. The maximum Gasteiger partial charge on any atom is 0.240 e. The van der Waals surface area contributed by atoms with Gasteiger partial charge in [-0.3, -0.25) is 0 Å². The van der Waals surface area contributed by atoms with Crippen molar-refractivity contribution in [2.24, 2.45) is 5.73 Å². The van der Waals surface area contributed by atoms with E-state index in [-0.39, 0.29) is 18.8 Å². The van der Waals surface area contributed by atoms with Crippen molar-refractivity contribution in [2.75, 3.05) is 7.11 Å². The highest BCUT2D eigenvalue weighted by Crippen LogP contribution is 2.26. The third-order valence-corrected chi connectivity index (χ3v) is 1.97. The normalized spacial score (nSPS) is 12.1. The van der Waals surface area contributed by atoms with E-state index in [9.17, 15) is 8.78 Å². The molecule has 0 aliphatic carbocycles. The number of alkyl halides is 2. The molecule has 0 saturated heterocycles. The topological polar surface area (TPSA) is 35.2 Å². The van der Waals surface area contributed by atoms with Crippen LogP contribution in [0, 0.1) is 0 Å². The van der Waals surface area contributed by atoms with Crippen molar-refractivity contribution in [1.82, 2.24) is 0 Å². The summed E-state index contributed by atoms with van der Waals surface area (Å²) in [6.07, 6.45) is -2.74. The van der Waals surface area contributed by atoms with Crippen molar-refractivity contribution in [3.63, 3.8) is 0 Å². The number of ether oxygens (including phenoxy) is 1. The third kappa shape index (κ3) is 4.01. The molecule has 0 bridgehead atoms. The second kappa shape index (κ2) is 6.58. The first-order valence-electron chi connectivity index (χ1n) is 4.31. The zero-order chi connectivity index (χ0) is 10.6. The van der Waals surface area contributed by atoms with Crippen molar-refractivity contribution in [2.45, 2.75) is 18.9 Å². The number of halogens is 3. The van der Waals surface area contributed by atoms with E-state index in [1.807, 2.05) is 0 Å². The Morgan fingerprint density at radius 3 is 2.47 bits per heavy atom. The Morgan fingerprint density at radius 1 is 1.33 bits per heavy atom. The van der Waals surface area contributed by atoms with Gasteiger partial charge in [-0.25, -0.2) is 8.78 Å². The van der Waals surface area contributed by atoms with Crippen LogP contribution in [0.5, 0.6) is 5.75 Å². The van der Waals surface area contributed by atoms with Crippen LogP contribution in [0.4, 0.5) is 8.78 Å². The summed E-state index contributed by atoms with van der Waals surface area (Å²) in [6, 6.07) is 6.26. The molecule has 1 aromatic rings. The molecule has 1 aromatic carbocycles. The molecule has 0 aromatic heterocycles. The first-order valence-corrected chi connectivity index (χ1v) is 4.31. The molecule has 0 spiro atoms. The number of hydrogen-bond acceptors (Lipinski definition) is 2. The fourth-order valence-electron chi connectivity index (χ4n) is 1.29. The molecule has 2 nitrogen and oxygen atoms in total. The fraction of sp³-hybridized carbons (Fsp3) is 0.400. The minimum Gasteiger partial charge on any atom is -0.496 e. The number of benzene rings is 1. The van der Waals surface area contributed by atoms with Gasteiger partial charge in [0.1, 0.15) is 5.75 Å². The van der Waals surface area contributed by atoms with E-state index in [1.54, 1.807) is 24.3 Å². The van der Waals surface area contributed by atoms with Crippen molar-refractivity contribution >= 4 is 12.4 Å².